The number of nitrogens with zero attached hydrogens (tertiary/aromatic N) is 1. The Hall–Kier alpha value is -2.12. The van der Waals surface area contributed by atoms with E-state index in [4.69, 9.17) is 4.74 Å². The lowest BCUT2D eigenvalue weighted by Crippen LogP contribution is -2.41. The number of esters is 1. The number of benzene rings is 1. The van der Waals surface area contributed by atoms with Gasteiger partial charge in [0.1, 0.15) is 5.82 Å². The summed E-state index contributed by atoms with van der Waals surface area (Å²) < 4.78 is 58.3. The number of carbonyl (C=O) groups is 2. The fourth-order valence-electron chi connectivity index (χ4n) is 5.12. The zero-order chi connectivity index (χ0) is 28.5. The first-order valence-electron chi connectivity index (χ1n) is 15.1. The maximum atomic E-state index is 14.1. The van der Waals surface area contributed by atoms with Crippen LogP contribution < -0.4 is 0 Å². The molecule has 0 unspecified atom stereocenters. The molecule has 0 aromatic heterocycles. The topological polar surface area (TPSA) is 46.6 Å². The number of ether oxygens (including phenoxy) is 1. The van der Waals surface area contributed by atoms with Crippen molar-refractivity contribution in [2.75, 3.05) is 19.7 Å². The normalized spacial score (nSPS) is 14.5. The van der Waals surface area contributed by atoms with Gasteiger partial charge in [-0.2, -0.15) is 13.2 Å². The smallest absolute Gasteiger partial charge is 0.416 e. The highest BCUT2D eigenvalue weighted by Gasteiger charge is 2.34. The van der Waals surface area contributed by atoms with Gasteiger partial charge in [-0.3, -0.25) is 9.59 Å². The van der Waals surface area contributed by atoms with Gasteiger partial charge in [0.2, 0.25) is 0 Å². The monoisotopic (exact) mass is 557 g/mol. The van der Waals surface area contributed by atoms with Gasteiger partial charge in [-0.25, -0.2) is 4.39 Å². The first-order valence-corrected chi connectivity index (χ1v) is 15.1. The molecule has 0 aliphatic carbocycles. The van der Waals surface area contributed by atoms with E-state index in [1.54, 1.807) is 0 Å². The van der Waals surface area contributed by atoms with Crippen LogP contribution in [0.5, 0.6) is 0 Å². The van der Waals surface area contributed by atoms with Crippen LogP contribution >= 0.6 is 0 Å². The highest BCUT2D eigenvalue weighted by Crippen LogP contribution is 2.31. The third kappa shape index (κ3) is 12.7. The maximum Gasteiger partial charge on any atom is 0.416 e. The molecular weight excluding hydrogens is 510 g/mol. The number of carbonyl (C=O) groups excluding carboxylic acids is 2. The van der Waals surface area contributed by atoms with E-state index in [2.05, 4.69) is 6.92 Å². The lowest BCUT2D eigenvalue weighted by Gasteiger charge is -2.31. The summed E-state index contributed by atoms with van der Waals surface area (Å²) in [7, 11) is 0. The molecule has 8 heteroatoms. The number of rotatable bonds is 18. The number of likely N-dealkylation sites (tertiary alicyclic amines) is 1. The number of hydrogen-bond acceptors (Lipinski definition) is 3. The molecule has 4 nitrogen and oxygen atoms in total. The van der Waals surface area contributed by atoms with E-state index >= 15 is 0 Å². The van der Waals surface area contributed by atoms with Crippen LogP contribution in [0, 0.1) is 11.7 Å². The van der Waals surface area contributed by atoms with Crippen LogP contribution in [0.3, 0.4) is 0 Å². The molecule has 1 aromatic carbocycles. The number of amides is 1. The number of unbranched alkanes of at least 4 members (excludes halogenated alkanes) is 14. The largest absolute Gasteiger partial charge is 0.465 e. The predicted molar refractivity (Wildman–Crippen MR) is 146 cm³/mol. The quantitative estimate of drug-likeness (QED) is 0.103. The SMILES string of the molecule is CCCCCCCCCCCCCCCCCOC(=O)C1CCN(C(=O)c2cc(C(F)(F)F)ccc2F)CC1. The first kappa shape index (κ1) is 33.1. The Morgan fingerprint density at radius 2 is 1.31 bits per heavy atom. The van der Waals surface area contributed by atoms with Crippen LogP contribution in [-0.2, 0) is 15.7 Å². The Balaban J connectivity index is 1.50. The Morgan fingerprint density at radius 3 is 1.79 bits per heavy atom. The summed E-state index contributed by atoms with van der Waals surface area (Å²) >= 11 is 0. The average molecular weight is 558 g/mol. The molecule has 0 spiro atoms. The molecular formula is C31H47F4NO3. The molecule has 1 aliphatic heterocycles. The summed E-state index contributed by atoms with van der Waals surface area (Å²) in [5.74, 6) is -2.42. The van der Waals surface area contributed by atoms with Gasteiger partial charge in [-0.1, -0.05) is 96.8 Å². The van der Waals surface area contributed by atoms with Crippen LogP contribution in [0.25, 0.3) is 0 Å². The zero-order valence-corrected chi connectivity index (χ0v) is 23.6. The lowest BCUT2D eigenvalue weighted by molar-refractivity contribution is -0.150. The molecule has 39 heavy (non-hydrogen) atoms. The van der Waals surface area contributed by atoms with Crippen LogP contribution in [0.15, 0.2) is 18.2 Å². The standard InChI is InChI=1S/C31H47F4NO3/c1-2-3-4-5-6-7-8-9-10-11-12-13-14-15-16-23-39-30(38)25-19-21-36(22-20-25)29(37)27-24-26(31(33,34)35)17-18-28(27)32/h17-18,24-25H,2-16,19-23H2,1H3. The molecule has 0 N–H and O–H groups in total. The molecule has 0 bridgehead atoms. The minimum atomic E-state index is -4.66. The second kappa shape index (κ2) is 18.3. The minimum Gasteiger partial charge on any atom is -0.465 e. The van der Waals surface area contributed by atoms with Gasteiger partial charge < -0.3 is 9.64 Å². The van der Waals surface area contributed by atoms with Crippen molar-refractivity contribution in [2.45, 2.75) is 122 Å². The van der Waals surface area contributed by atoms with Crippen molar-refractivity contribution in [3.63, 3.8) is 0 Å². The molecule has 1 aliphatic rings. The maximum absolute atomic E-state index is 14.1. The van der Waals surface area contributed by atoms with Crippen LogP contribution in [0.4, 0.5) is 17.6 Å². The average Bonchev–Trinajstić information content (AvgIpc) is 2.92. The van der Waals surface area contributed by atoms with E-state index in [0.29, 0.717) is 37.6 Å². The Kier molecular flexibility index (Phi) is 15.5. The van der Waals surface area contributed by atoms with Gasteiger partial charge in [-0.15, -0.1) is 0 Å². The summed E-state index contributed by atoms with van der Waals surface area (Å²) in [6.45, 7) is 2.98. The van der Waals surface area contributed by atoms with E-state index < -0.39 is 29.0 Å². The van der Waals surface area contributed by atoms with Crippen molar-refractivity contribution in [3.8, 4) is 0 Å². The highest BCUT2D eigenvalue weighted by atomic mass is 19.4. The molecule has 1 fully saturated rings. The van der Waals surface area contributed by atoms with E-state index in [1.165, 1.54) is 81.9 Å². The van der Waals surface area contributed by atoms with E-state index in [9.17, 15) is 27.2 Å². The fraction of sp³-hybridized carbons (Fsp3) is 0.742. The molecule has 0 saturated carbocycles. The van der Waals surface area contributed by atoms with Gasteiger partial charge >= 0.3 is 12.1 Å². The van der Waals surface area contributed by atoms with Gasteiger partial charge in [0.25, 0.3) is 5.91 Å². The Morgan fingerprint density at radius 1 is 0.821 bits per heavy atom. The van der Waals surface area contributed by atoms with Gasteiger partial charge in [0, 0.05) is 13.1 Å². The first-order chi connectivity index (χ1) is 18.7. The van der Waals surface area contributed by atoms with Gasteiger partial charge in [0.15, 0.2) is 0 Å². The molecule has 1 saturated heterocycles. The van der Waals surface area contributed by atoms with Crippen LogP contribution in [-0.4, -0.2) is 36.5 Å². The summed E-state index contributed by atoms with van der Waals surface area (Å²) in [5.41, 5.74) is -1.66. The highest BCUT2D eigenvalue weighted by molar-refractivity contribution is 5.95. The fourth-order valence-corrected chi connectivity index (χ4v) is 5.12. The summed E-state index contributed by atoms with van der Waals surface area (Å²) in [6, 6.07) is 1.83. The zero-order valence-electron chi connectivity index (χ0n) is 23.6. The second-order valence-corrected chi connectivity index (χ2v) is 10.9. The third-order valence-corrected chi connectivity index (χ3v) is 7.63. The van der Waals surface area contributed by atoms with Crippen molar-refractivity contribution in [3.05, 3.63) is 35.1 Å². The molecule has 1 aromatic rings. The van der Waals surface area contributed by atoms with Crippen molar-refractivity contribution in [2.24, 2.45) is 5.92 Å². The Labute approximate surface area is 231 Å². The van der Waals surface area contributed by atoms with Crippen molar-refractivity contribution >= 4 is 11.9 Å². The van der Waals surface area contributed by atoms with Gasteiger partial charge in [0.05, 0.1) is 23.7 Å². The predicted octanol–water partition coefficient (Wildman–Crippen LogP) is 9.11. The van der Waals surface area contributed by atoms with Crippen molar-refractivity contribution < 1.29 is 31.9 Å². The Bertz CT molecular complexity index is 851. The summed E-state index contributed by atoms with van der Waals surface area (Å²) in [6.07, 6.45) is 15.0. The minimum absolute atomic E-state index is 0.174. The van der Waals surface area contributed by atoms with E-state index in [-0.39, 0.29) is 25.0 Å². The molecule has 2 rings (SSSR count). The number of halogens is 4. The summed E-state index contributed by atoms with van der Waals surface area (Å²) in [4.78, 5) is 26.3. The van der Waals surface area contributed by atoms with Crippen molar-refractivity contribution in [1.82, 2.24) is 4.90 Å². The van der Waals surface area contributed by atoms with Gasteiger partial charge in [-0.05, 0) is 37.5 Å². The molecule has 1 heterocycles. The van der Waals surface area contributed by atoms with Crippen LogP contribution in [0.1, 0.15) is 132 Å². The molecule has 0 radical (unpaired) electrons. The number of hydrogen-bond donors (Lipinski definition) is 0. The summed E-state index contributed by atoms with van der Waals surface area (Å²) in [5, 5.41) is 0. The second-order valence-electron chi connectivity index (χ2n) is 10.9. The van der Waals surface area contributed by atoms with Crippen LogP contribution in [0.2, 0.25) is 0 Å². The van der Waals surface area contributed by atoms with Crippen molar-refractivity contribution in [1.29, 1.82) is 0 Å². The molecule has 0 atom stereocenters. The third-order valence-electron chi connectivity index (χ3n) is 7.63. The lowest BCUT2D eigenvalue weighted by atomic mass is 9.96. The van der Waals surface area contributed by atoms with E-state index in [0.717, 1.165) is 19.3 Å². The molecule has 1 amide bonds. The van der Waals surface area contributed by atoms with E-state index in [1.807, 2.05) is 0 Å². The number of piperidine rings is 1. The number of alkyl halides is 3. The molecule has 222 valence electrons.